The summed E-state index contributed by atoms with van der Waals surface area (Å²) in [5.74, 6) is 0. The van der Waals surface area contributed by atoms with Gasteiger partial charge in [0.2, 0.25) is 0 Å². The third-order valence-electron chi connectivity index (χ3n) is 1.67. The van der Waals surface area contributed by atoms with E-state index >= 15 is 0 Å². The average Bonchev–Trinajstić information content (AvgIpc) is 2.14. The van der Waals surface area contributed by atoms with Crippen molar-refractivity contribution in [3.8, 4) is 0 Å². The molecule has 1 saturated carbocycles. The molecule has 1 fully saturated rings. The number of thioether (sulfide) groups is 1. The second-order valence-corrected chi connectivity index (χ2v) is 4.90. The first kappa shape index (κ1) is 7.19. The Hall–Kier alpha value is 1.08. The Labute approximate surface area is 68.9 Å². The standard InChI is InChI=1S/C6H11IS/c1-8-6-4-2-3-5(6)7/h5-6H,2-4H2,1H3. The van der Waals surface area contributed by atoms with Crippen molar-refractivity contribution in [3.05, 3.63) is 0 Å². The van der Waals surface area contributed by atoms with Crippen LogP contribution < -0.4 is 0 Å². The molecule has 1 rings (SSSR count). The van der Waals surface area contributed by atoms with E-state index in [1.54, 1.807) is 0 Å². The van der Waals surface area contributed by atoms with Gasteiger partial charge < -0.3 is 0 Å². The first-order valence-corrected chi connectivity index (χ1v) is 5.55. The number of alkyl halides is 1. The van der Waals surface area contributed by atoms with Crippen molar-refractivity contribution in [2.24, 2.45) is 0 Å². The number of halogens is 1. The quantitative estimate of drug-likeness (QED) is 0.503. The fourth-order valence-corrected chi connectivity index (χ4v) is 3.66. The molecule has 0 radical (unpaired) electrons. The molecule has 0 nitrogen and oxygen atoms in total. The normalized spacial score (nSPS) is 38.2. The van der Waals surface area contributed by atoms with Crippen molar-refractivity contribution in [1.29, 1.82) is 0 Å². The van der Waals surface area contributed by atoms with E-state index in [9.17, 15) is 0 Å². The lowest BCUT2D eigenvalue weighted by Gasteiger charge is -2.08. The van der Waals surface area contributed by atoms with Gasteiger partial charge in [0.25, 0.3) is 0 Å². The zero-order chi connectivity index (χ0) is 5.98. The molecular formula is C6H11IS. The predicted molar refractivity (Wildman–Crippen MR) is 49.0 cm³/mol. The second-order valence-electron chi connectivity index (χ2n) is 2.22. The monoisotopic (exact) mass is 242 g/mol. The van der Waals surface area contributed by atoms with Crippen molar-refractivity contribution in [2.75, 3.05) is 6.26 Å². The second kappa shape index (κ2) is 3.30. The molecule has 0 N–H and O–H groups in total. The summed E-state index contributed by atoms with van der Waals surface area (Å²) in [6, 6.07) is 0. The van der Waals surface area contributed by atoms with Gasteiger partial charge in [0.05, 0.1) is 0 Å². The van der Waals surface area contributed by atoms with Crippen LogP contribution in [-0.2, 0) is 0 Å². The minimum absolute atomic E-state index is 0.961. The predicted octanol–water partition coefficient (Wildman–Crippen LogP) is 2.71. The third-order valence-corrected chi connectivity index (χ3v) is 4.82. The molecule has 2 atom stereocenters. The van der Waals surface area contributed by atoms with Gasteiger partial charge in [-0.2, -0.15) is 11.8 Å². The highest BCUT2D eigenvalue weighted by Crippen LogP contribution is 2.33. The summed E-state index contributed by atoms with van der Waals surface area (Å²) in [4.78, 5) is 0. The van der Waals surface area contributed by atoms with Crippen LogP contribution in [0.1, 0.15) is 19.3 Å². The largest absolute Gasteiger partial charge is 0.161 e. The molecule has 48 valence electrons. The maximum absolute atomic E-state index is 2.57. The topological polar surface area (TPSA) is 0 Å². The number of hydrogen-bond donors (Lipinski definition) is 0. The van der Waals surface area contributed by atoms with Crippen LogP contribution >= 0.6 is 34.4 Å². The minimum atomic E-state index is 0.961. The van der Waals surface area contributed by atoms with Gasteiger partial charge in [-0.15, -0.1) is 0 Å². The first-order valence-electron chi connectivity index (χ1n) is 3.01. The Morgan fingerprint density at radius 1 is 1.50 bits per heavy atom. The molecule has 0 aromatic rings. The van der Waals surface area contributed by atoms with Gasteiger partial charge in [-0.3, -0.25) is 0 Å². The van der Waals surface area contributed by atoms with E-state index in [-0.39, 0.29) is 0 Å². The molecule has 0 aromatic carbocycles. The minimum Gasteiger partial charge on any atom is -0.161 e. The fourth-order valence-electron chi connectivity index (χ4n) is 1.15. The SMILES string of the molecule is CSC1CCCC1I. The highest BCUT2D eigenvalue weighted by Gasteiger charge is 2.22. The fraction of sp³-hybridized carbons (Fsp3) is 1.00. The zero-order valence-corrected chi connectivity index (χ0v) is 8.04. The maximum Gasteiger partial charge on any atom is 0.0228 e. The smallest absolute Gasteiger partial charge is 0.0228 e. The van der Waals surface area contributed by atoms with Crippen LogP contribution in [-0.4, -0.2) is 15.4 Å². The molecule has 0 aromatic heterocycles. The molecule has 0 aliphatic heterocycles. The summed E-state index contributed by atoms with van der Waals surface area (Å²) in [6.45, 7) is 0. The summed E-state index contributed by atoms with van der Waals surface area (Å²) in [5, 5.41) is 0.968. The lowest BCUT2D eigenvalue weighted by Crippen LogP contribution is -2.06. The highest BCUT2D eigenvalue weighted by molar-refractivity contribution is 14.1. The molecule has 1 aliphatic carbocycles. The summed E-state index contributed by atoms with van der Waals surface area (Å²) < 4.78 is 0.961. The molecule has 0 amide bonds. The Kier molecular flexibility index (Phi) is 2.97. The molecule has 0 spiro atoms. The van der Waals surface area contributed by atoms with E-state index in [2.05, 4.69) is 28.8 Å². The Morgan fingerprint density at radius 2 is 2.25 bits per heavy atom. The van der Waals surface area contributed by atoms with Crippen LogP contribution in [0.25, 0.3) is 0 Å². The summed E-state index contributed by atoms with van der Waals surface area (Å²) in [6.07, 6.45) is 6.58. The van der Waals surface area contributed by atoms with Crippen molar-refractivity contribution in [1.82, 2.24) is 0 Å². The lowest BCUT2D eigenvalue weighted by molar-refractivity contribution is 0.892. The highest BCUT2D eigenvalue weighted by atomic mass is 127. The van der Waals surface area contributed by atoms with Crippen molar-refractivity contribution in [3.63, 3.8) is 0 Å². The van der Waals surface area contributed by atoms with Gasteiger partial charge >= 0.3 is 0 Å². The van der Waals surface area contributed by atoms with Gasteiger partial charge in [0, 0.05) is 9.17 Å². The van der Waals surface area contributed by atoms with Crippen LogP contribution in [0.2, 0.25) is 0 Å². The third kappa shape index (κ3) is 1.53. The van der Waals surface area contributed by atoms with Crippen LogP contribution in [0.4, 0.5) is 0 Å². The van der Waals surface area contributed by atoms with Crippen molar-refractivity contribution in [2.45, 2.75) is 28.4 Å². The molecule has 0 saturated heterocycles. The number of rotatable bonds is 1. The molecule has 0 bridgehead atoms. The van der Waals surface area contributed by atoms with Gasteiger partial charge in [-0.1, -0.05) is 29.0 Å². The summed E-state index contributed by atoms with van der Waals surface area (Å²) >= 11 is 4.61. The van der Waals surface area contributed by atoms with E-state index in [0.717, 1.165) is 9.17 Å². The first-order chi connectivity index (χ1) is 3.84. The molecule has 2 unspecified atom stereocenters. The molecule has 1 aliphatic rings. The molecular weight excluding hydrogens is 231 g/mol. The van der Waals surface area contributed by atoms with E-state index < -0.39 is 0 Å². The van der Waals surface area contributed by atoms with Crippen LogP contribution in [0.5, 0.6) is 0 Å². The number of hydrogen-bond acceptors (Lipinski definition) is 1. The zero-order valence-electron chi connectivity index (χ0n) is 5.06. The Balaban J connectivity index is 2.30. The Morgan fingerprint density at radius 3 is 2.50 bits per heavy atom. The molecule has 8 heavy (non-hydrogen) atoms. The molecule has 0 heterocycles. The lowest BCUT2D eigenvalue weighted by atomic mass is 10.4. The van der Waals surface area contributed by atoms with Gasteiger partial charge in [0.1, 0.15) is 0 Å². The van der Waals surface area contributed by atoms with Gasteiger partial charge in [-0.25, -0.2) is 0 Å². The van der Waals surface area contributed by atoms with E-state index in [0.29, 0.717) is 0 Å². The van der Waals surface area contributed by atoms with Gasteiger partial charge in [-0.05, 0) is 19.1 Å². The van der Waals surface area contributed by atoms with E-state index in [1.165, 1.54) is 19.3 Å². The van der Waals surface area contributed by atoms with Crippen LogP contribution in [0.3, 0.4) is 0 Å². The van der Waals surface area contributed by atoms with Crippen LogP contribution in [0, 0.1) is 0 Å². The van der Waals surface area contributed by atoms with Crippen molar-refractivity contribution >= 4 is 34.4 Å². The van der Waals surface area contributed by atoms with Crippen molar-refractivity contribution < 1.29 is 0 Å². The average molecular weight is 242 g/mol. The summed E-state index contributed by atoms with van der Waals surface area (Å²) in [5.41, 5.74) is 0. The van der Waals surface area contributed by atoms with E-state index in [4.69, 9.17) is 0 Å². The van der Waals surface area contributed by atoms with Gasteiger partial charge in [0.15, 0.2) is 0 Å². The molecule has 2 heteroatoms. The summed E-state index contributed by atoms with van der Waals surface area (Å²) in [7, 11) is 0. The Bertz CT molecular complexity index is 74.9. The maximum atomic E-state index is 2.57. The van der Waals surface area contributed by atoms with E-state index in [1.807, 2.05) is 11.8 Å². The van der Waals surface area contributed by atoms with Crippen LogP contribution in [0.15, 0.2) is 0 Å².